The van der Waals surface area contributed by atoms with E-state index in [0.717, 1.165) is 83.6 Å². The lowest BCUT2D eigenvalue weighted by Gasteiger charge is -2.68. The van der Waals surface area contributed by atoms with Crippen molar-refractivity contribution in [2.24, 2.45) is 47.3 Å². The Hall–Kier alpha value is -0.0800. The van der Waals surface area contributed by atoms with E-state index in [0.29, 0.717) is 0 Å². The molecule has 7 rings (SSSR count). The fourth-order valence-corrected chi connectivity index (χ4v) is 12.9. The van der Waals surface area contributed by atoms with Gasteiger partial charge in [-0.1, -0.05) is 40.5 Å². The van der Waals surface area contributed by atoms with Crippen LogP contribution in [-0.4, -0.2) is 46.1 Å². The molecule has 42 heavy (non-hydrogen) atoms. The standard InChI is InChI=1S/C40H70N2/c1-27-9-17-31(18-10-27)41(32-19-11-28(2)12-20-32)37-25-26-38(40-36-8-6-5-7-35(36)39(37)40)42(33-21-13-29(3)14-22-33)34-23-15-30(4)16-24-34/h27-40H,5-26H2,1-4H3. The Morgan fingerprint density at radius 1 is 0.310 bits per heavy atom. The molecule has 2 nitrogen and oxygen atoms in total. The van der Waals surface area contributed by atoms with E-state index in [4.69, 9.17) is 0 Å². The average molecular weight is 579 g/mol. The first-order valence-corrected chi connectivity index (χ1v) is 20.0. The molecule has 7 aliphatic rings. The summed E-state index contributed by atoms with van der Waals surface area (Å²) in [5.41, 5.74) is 0. The first-order chi connectivity index (χ1) is 20.5. The number of hydrogen-bond donors (Lipinski definition) is 0. The van der Waals surface area contributed by atoms with Crippen LogP contribution < -0.4 is 0 Å². The molecule has 0 radical (unpaired) electrons. The molecule has 0 aromatic rings. The highest BCUT2D eigenvalue weighted by atomic mass is 15.3. The molecule has 0 saturated heterocycles. The summed E-state index contributed by atoms with van der Waals surface area (Å²) in [4.78, 5) is 6.71. The maximum absolute atomic E-state index is 3.35. The van der Waals surface area contributed by atoms with Crippen LogP contribution in [0.25, 0.3) is 0 Å². The number of nitrogens with zero attached hydrogens (tertiary/aromatic N) is 2. The fraction of sp³-hybridized carbons (Fsp3) is 1.00. The molecule has 6 atom stereocenters. The molecular weight excluding hydrogens is 508 g/mol. The third kappa shape index (κ3) is 6.06. The van der Waals surface area contributed by atoms with Gasteiger partial charge in [-0.25, -0.2) is 0 Å². The van der Waals surface area contributed by atoms with E-state index in [1.54, 1.807) is 12.8 Å². The Kier molecular flexibility index (Phi) is 9.71. The van der Waals surface area contributed by atoms with Gasteiger partial charge in [-0.15, -0.1) is 0 Å². The zero-order valence-electron chi connectivity index (χ0n) is 28.5. The second-order valence-corrected chi connectivity index (χ2v) is 18.0. The van der Waals surface area contributed by atoms with E-state index >= 15 is 0 Å². The molecule has 7 saturated carbocycles. The molecule has 0 heterocycles. The first-order valence-electron chi connectivity index (χ1n) is 20.0. The van der Waals surface area contributed by atoms with Crippen molar-refractivity contribution in [3.8, 4) is 0 Å². The largest absolute Gasteiger partial charge is 0.294 e. The van der Waals surface area contributed by atoms with E-state index in [1.165, 1.54) is 128 Å². The highest BCUT2D eigenvalue weighted by molar-refractivity contribution is 5.13. The lowest BCUT2D eigenvalue weighted by Crippen LogP contribution is -2.70. The van der Waals surface area contributed by atoms with Crippen molar-refractivity contribution in [3.63, 3.8) is 0 Å². The summed E-state index contributed by atoms with van der Waals surface area (Å²) in [5, 5.41) is 0. The van der Waals surface area contributed by atoms with Gasteiger partial charge in [0, 0.05) is 36.3 Å². The second kappa shape index (κ2) is 13.3. The van der Waals surface area contributed by atoms with Crippen LogP contribution in [0.1, 0.15) is 169 Å². The van der Waals surface area contributed by atoms with Gasteiger partial charge in [0.2, 0.25) is 0 Å². The van der Waals surface area contributed by atoms with Crippen molar-refractivity contribution in [3.05, 3.63) is 0 Å². The Balaban J connectivity index is 1.18. The van der Waals surface area contributed by atoms with Crippen LogP contribution in [0.2, 0.25) is 0 Å². The predicted octanol–water partition coefficient (Wildman–Crippen LogP) is 10.5. The van der Waals surface area contributed by atoms with Crippen LogP contribution >= 0.6 is 0 Å². The van der Waals surface area contributed by atoms with Crippen molar-refractivity contribution in [1.82, 2.24) is 9.80 Å². The molecule has 7 fully saturated rings. The molecule has 0 amide bonds. The lowest BCUT2D eigenvalue weighted by molar-refractivity contribution is -0.185. The summed E-state index contributed by atoms with van der Waals surface area (Å²) < 4.78 is 0. The van der Waals surface area contributed by atoms with E-state index in [9.17, 15) is 0 Å². The zero-order chi connectivity index (χ0) is 28.8. The Morgan fingerprint density at radius 2 is 0.571 bits per heavy atom. The highest BCUT2D eigenvalue weighted by Crippen LogP contribution is 2.62. The van der Waals surface area contributed by atoms with Gasteiger partial charge in [0.25, 0.3) is 0 Å². The molecule has 0 N–H and O–H groups in total. The maximum atomic E-state index is 3.35. The topological polar surface area (TPSA) is 6.48 Å². The Bertz CT molecular complexity index is 724. The van der Waals surface area contributed by atoms with E-state index in [1.807, 2.05) is 0 Å². The SMILES string of the molecule is CC1CCC(N(C2CCC(C)CC2)C2CCC(N(C3CCC(C)CC3)C3CCC(C)CC3)C3C4CCCCC4C32)CC1. The van der Waals surface area contributed by atoms with Gasteiger partial charge >= 0.3 is 0 Å². The average Bonchev–Trinajstić information content (AvgIpc) is 3.00. The molecule has 0 aliphatic heterocycles. The predicted molar refractivity (Wildman–Crippen MR) is 179 cm³/mol. The third-order valence-corrected chi connectivity index (χ3v) is 15.3. The van der Waals surface area contributed by atoms with Crippen LogP contribution in [0, 0.1) is 47.3 Å². The normalized spacial score (nSPS) is 50.1. The minimum atomic E-state index is 0.903. The lowest BCUT2D eigenvalue weighted by atomic mass is 9.44. The summed E-state index contributed by atoms with van der Waals surface area (Å²) in [6.07, 6.45) is 33.3. The van der Waals surface area contributed by atoms with E-state index in [-0.39, 0.29) is 0 Å². The van der Waals surface area contributed by atoms with Gasteiger partial charge in [-0.2, -0.15) is 0 Å². The summed E-state index contributed by atoms with van der Waals surface area (Å²) in [5.74, 6) is 8.07. The summed E-state index contributed by atoms with van der Waals surface area (Å²) in [7, 11) is 0. The van der Waals surface area contributed by atoms with Crippen LogP contribution in [0.4, 0.5) is 0 Å². The zero-order valence-corrected chi connectivity index (χ0v) is 28.5. The van der Waals surface area contributed by atoms with Gasteiger partial charge < -0.3 is 0 Å². The van der Waals surface area contributed by atoms with Gasteiger partial charge in [0.05, 0.1) is 0 Å². The first kappa shape index (κ1) is 30.6. The van der Waals surface area contributed by atoms with Crippen molar-refractivity contribution >= 4 is 0 Å². The van der Waals surface area contributed by atoms with Crippen molar-refractivity contribution < 1.29 is 0 Å². The second-order valence-electron chi connectivity index (χ2n) is 18.0. The van der Waals surface area contributed by atoms with Crippen LogP contribution in [-0.2, 0) is 0 Å². The molecule has 0 aromatic carbocycles. The van der Waals surface area contributed by atoms with Gasteiger partial charge in [0.15, 0.2) is 0 Å². The van der Waals surface area contributed by atoms with Crippen molar-refractivity contribution in [1.29, 1.82) is 0 Å². The summed E-state index contributed by atoms with van der Waals surface area (Å²) in [6.45, 7) is 10.1. The third-order valence-electron chi connectivity index (χ3n) is 15.3. The summed E-state index contributed by atoms with van der Waals surface area (Å²) >= 11 is 0. The van der Waals surface area contributed by atoms with E-state index in [2.05, 4.69) is 37.5 Å². The Morgan fingerprint density at radius 3 is 0.833 bits per heavy atom. The molecule has 6 unspecified atom stereocenters. The van der Waals surface area contributed by atoms with Crippen LogP contribution in [0.15, 0.2) is 0 Å². The monoisotopic (exact) mass is 579 g/mol. The molecule has 0 spiro atoms. The van der Waals surface area contributed by atoms with Gasteiger partial charge in [0.1, 0.15) is 0 Å². The molecule has 240 valence electrons. The van der Waals surface area contributed by atoms with Crippen LogP contribution in [0.3, 0.4) is 0 Å². The summed E-state index contributed by atoms with van der Waals surface area (Å²) in [6, 6.07) is 5.45. The highest BCUT2D eigenvalue weighted by Gasteiger charge is 2.61. The van der Waals surface area contributed by atoms with E-state index < -0.39 is 0 Å². The Labute approximate surface area is 261 Å². The molecular formula is C40H70N2. The molecule has 0 aromatic heterocycles. The minimum absolute atomic E-state index is 0.903. The van der Waals surface area contributed by atoms with Crippen molar-refractivity contribution in [2.45, 2.75) is 205 Å². The molecule has 2 heteroatoms. The van der Waals surface area contributed by atoms with Crippen molar-refractivity contribution in [2.75, 3.05) is 0 Å². The molecule has 0 bridgehead atoms. The number of fused-ring (bicyclic) bond motifs is 4. The van der Waals surface area contributed by atoms with Gasteiger partial charge in [-0.05, 0) is 176 Å². The fourth-order valence-electron chi connectivity index (χ4n) is 12.9. The smallest absolute Gasteiger partial charge is 0.0136 e. The molecule has 7 aliphatic carbocycles. The maximum Gasteiger partial charge on any atom is 0.0136 e. The number of hydrogen-bond acceptors (Lipinski definition) is 2. The quantitative estimate of drug-likeness (QED) is 0.309. The number of rotatable bonds is 6. The van der Waals surface area contributed by atoms with Crippen LogP contribution in [0.5, 0.6) is 0 Å². The minimum Gasteiger partial charge on any atom is -0.294 e. The van der Waals surface area contributed by atoms with Gasteiger partial charge in [-0.3, -0.25) is 9.80 Å².